The minimum absolute atomic E-state index is 0.0428. The van der Waals surface area contributed by atoms with E-state index in [1.807, 2.05) is 12.1 Å². The summed E-state index contributed by atoms with van der Waals surface area (Å²) < 4.78 is 30.7. The molecule has 0 aliphatic heterocycles. The maximum Gasteiger partial charge on any atom is 0.172 e. The molecule has 0 atom stereocenters. The number of phenols is 1. The molecule has 0 amide bonds. The van der Waals surface area contributed by atoms with E-state index in [9.17, 15) is 9.50 Å². The average molecular weight is 418 g/mol. The van der Waals surface area contributed by atoms with Crippen LogP contribution in [0.4, 0.5) is 4.39 Å². The molecule has 0 aliphatic rings. The maximum absolute atomic E-state index is 13.8. The Bertz CT molecular complexity index is 1200. The lowest BCUT2D eigenvalue weighted by atomic mass is 10.1. The smallest absolute Gasteiger partial charge is 0.172 e. The molecule has 6 nitrogen and oxygen atoms in total. The number of hydrogen-bond acceptors (Lipinski definition) is 6. The van der Waals surface area contributed by atoms with Gasteiger partial charge in [-0.15, -0.1) is 0 Å². The molecular weight excluding hydrogens is 399 g/mol. The first-order valence-electron chi connectivity index (χ1n) is 9.46. The van der Waals surface area contributed by atoms with Crippen LogP contribution in [0.1, 0.15) is 5.56 Å². The molecular formula is C24H19FN2O4. The third-order valence-corrected chi connectivity index (χ3v) is 4.54. The molecule has 1 heterocycles. The monoisotopic (exact) mass is 418 g/mol. The molecule has 0 bridgehead atoms. The van der Waals surface area contributed by atoms with Gasteiger partial charge in [0.25, 0.3) is 0 Å². The van der Waals surface area contributed by atoms with Gasteiger partial charge < -0.3 is 19.3 Å². The van der Waals surface area contributed by atoms with E-state index in [1.54, 1.807) is 49.6 Å². The number of aromatic nitrogens is 2. The first-order valence-corrected chi connectivity index (χ1v) is 9.46. The van der Waals surface area contributed by atoms with Gasteiger partial charge in [0, 0.05) is 17.2 Å². The van der Waals surface area contributed by atoms with Crippen LogP contribution < -0.4 is 14.2 Å². The van der Waals surface area contributed by atoms with Crippen molar-refractivity contribution < 1.29 is 23.7 Å². The van der Waals surface area contributed by atoms with Crippen LogP contribution in [0.5, 0.6) is 28.7 Å². The Balaban J connectivity index is 1.58. The first kappa shape index (κ1) is 20.2. The quantitative estimate of drug-likeness (QED) is 0.435. The highest BCUT2D eigenvalue weighted by molar-refractivity contribution is 5.73. The summed E-state index contributed by atoms with van der Waals surface area (Å²) >= 11 is 0. The highest BCUT2D eigenvalue weighted by Gasteiger charge is 2.16. The van der Waals surface area contributed by atoms with Crippen molar-refractivity contribution in [2.45, 2.75) is 6.61 Å². The second-order valence-corrected chi connectivity index (χ2v) is 6.55. The van der Waals surface area contributed by atoms with Crippen molar-refractivity contribution in [2.75, 3.05) is 7.11 Å². The molecule has 1 aromatic heterocycles. The topological polar surface area (TPSA) is 73.7 Å². The lowest BCUT2D eigenvalue weighted by Gasteiger charge is -2.14. The van der Waals surface area contributed by atoms with E-state index in [1.165, 1.54) is 24.7 Å². The molecule has 0 unspecified atom stereocenters. The Labute approximate surface area is 178 Å². The molecule has 3 aromatic carbocycles. The fraction of sp³-hybridized carbons (Fsp3) is 0.0833. The van der Waals surface area contributed by atoms with Crippen LogP contribution in [0.15, 0.2) is 79.3 Å². The lowest BCUT2D eigenvalue weighted by molar-refractivity contribution is 0.298. The number of halogens is 1. The van der Waals surface area contributed by atoms with Gasteiger partial charge in [-0.05, 0) is 30.3 Å². The molecule has 0 saturated carbocycles. The molecule has 7 heteroatoms. The minimum atomic E-state index is -0.345. The number of ether oxygens (including phenoxy) is 3. The van der Waals surface area contributed by atoms with Gasteiger partial charge >= 0.3 is 0 Å². The summed E-state index contributed by atoms with van der Waals surface area (Å²) in [5, 5.41) is 10.6. The molecule has 0 radical (unpaired) electrons. The van der Waals surface area contributed by atoms with Crippen molar-refractivity contribution in [3.8, 4) is 40.0 Å². The van der Waals surface area contributed by atoms with Gasteiger partial charge in [0.2, 0.25) is 0 Å². The Morgan fingerprint density at radius 2 is 1.71 bits per heavy atom. The summed E-state index contributed by atoms with van der Waals surface area (Å²) in [5.74, 6) is 1.38. The third kappa shape index (κ3) is 4.56. The van der Waals surface area contributed by atoms with Gasteiger partial charge in [0.15, 0.2) is 17.2 Å². The second-order valence-electron chi connectivity index (χ2n) is 6.55. The van der Waals surface area contributed by atoms with Gasteiger partial charge in [-0.1, -0.05) is 30.3 Å². The Morgan fingerprint density at radius 1 is 0.935 bits per heavy atom. The molecule has 4 aromatic rings. The second kappa shape index (κ2) is 9.13. The van der Waals surface area contributed by atoms with Crippen molar-refractivity contribution in [2.24, 2.45) is 0 Å². The van der Waals surface area contributed by atoms with Crippen LogP contribution in [-0.2, 0) is 6.61 Å². The standard InChI is InChI=1S/C24H19FN2O4/c1-29-21-8-4-5-9-22(21)31-23-13-26-15-27-24(23)18-11-10-17(12-20(18)28)30-14-16-6-2-3-7-19(16)25/h2-13,15,28H,14H2,1H3. The number of nitrogens with zero attached hydrogens (tertiary/aromatic N) is 2. The number of phenolic OH excluding ortho intramolecular Hbond substituents is 1. The maximum atomic E-state index is 13.8. The number of aromatic hydroxyl groups is 1. The average Bonchev–Trinajstić information content (AvgIpc) is 2.80. The van der Waals surface area contributed by atoms with Crippen LogP contribution in [0.25, 0.3) is 11.3 Å². The predicted molar refractivity (Wildman–Crippen MR) is 113 cm³/mol. The summed E-state index contributed by atoms with van der Waals surface area (Å²) in [5.41, 5.74) is 1.26. The number of para-hydroxylation sites is 2. The Morgan fingerprint density at radius 3 is 2.48 bits per heavy atom. The summed E-state index contributed by atoms with van der Waals surface area (Å²) in [6.07, 6.45) is 2.88. The number of benzene rings is 3. The highest BCUT2D eigenvalue weighted by atomic mass is 19.1. The summed E-state index contributed by atoms with van der Waals surface area (Å²) in [7, 11) is 1.55. The summed E-state index contributed by atoms with van der Waals surface area (Å²) in [6, 6.07) is 18.3. The van der Waals surface area contributed by atoms with E-state index in [0.29, 0.717) is 39.8 Å². The van der Waals surface area contributed by atoms with Crippen LogP contribution in [0.3, 0.4) is 0 Å². The molecule has 0 saturated heterocycles. The van der Waals surface area contributed by atoms with E-state index < -0.39 is 0 Å². The van der Waals surface area contributed by atoms with Crippen molar-refractivity contribution in [3.63, 3.8) is 0 Å². The molecule has 0 aliphatic carbocycles. The summed E-state index contributed by atoms with van der Waals surface area (Å²) in [4.78, 5) is 8.29. The largest absolute Gasteiger partial charge is 0.507 e. The predicted octanol–water partition coefficient (Wildman–Crippen LogP) is 5.37. The van der Waals surface area contributed by atoms with E-state index in [0.717, 1.165) is 0 Å². The van der Waals surface area contributed by atoms with Gasteiger partial charge in [0.05, 0.1) is 13.3 Å². The van der Waals surface area contributed by atoms with E-state index in [4.69, 9.17) is 14.2 Å². The SMILES string of the molecule is COc1ccccc1Oc1cncnc1-c1ccc(OCc2ccccc2F)cc1O. The zero-order valence-electron chi connectivity index (χ0n) is 16.7. The zero-order valence-corrected chi connectivity index (χ0v) is 16.7. The Hall–Kier alpha value is -4.13. The van der Waals surface area contributed by atoms with E-state index >= 15 is 0 Å². The number of rotatable bonds is 7. The van der Waals surface area contributed by atoms with Gasteiger partial charge in [-0.25, -0.2) is 14.4 Å². The molecule has 31 heavy (non-hydrogen) atoms. The molecule has 0 fully saturated rings. The van der Waals surface area contributed by atoms with Crippen molar-refractivity contribution in [3.05, 3.63) is 90.6 Å². The third-order valence-electron chi connectivity index (χ3n) is 4.54. The van der Waals surface area contributed by atoms with Gasteiger partial charge in [-0.3, -0.25) is 0 Å². The fourth-order valence-electron chi connectivity index (χ4n) is 2.99. The number of hydrogen-bond donors (Lipinski definition) is 1. The van der Waals surface area contributed by atoms with Crippen LogP contribution in [0.2, 0.25) is 0 Å². The minimum Gasteiger partial charge on any atom is -0.507 e. The van der Waals surface area contributed by atoms with Crippen molar-refractivity contribution in [1.82, 2.24) is 9.97 Å². The molecule has 1 N–H and O–H groups in total. The number of methoxy groups -OCH3 is 1. The van der Waals surface area contributed by atoms with Gasteiger partial charge in [0.1, 0.15) is 35.9 Å². The zero-order chi connectivity index (χ0) is 21.6. The molecule has 0 spiro atoms. The first-order chi connectivity index (χ1) is 15.2. The van der Waals surface area contributed by atoms with E-state index in [2.05, 4.69) is 9.97 Å². The van der Waals surface area contributed by atoms with Gasteiger partial charge in [-0.2, -0.15) is 0 Å². The van der Waals surface area contributed by atoms with Crippen molar-refractivity contribution >= 4 is 0 Å². The van der Waals surface area contributed by atoms with E-state index in [-0.39, 0.29) is 18.2 Å². The van der Waals surface area contributed by atoms with Crippen LogP contribution in [-0.4, -0.2) is 22.2 Å². The Kier molecular flexibility index (Phi) is 5.93. The normalized spacial score (nSPS) is 10.5. The van der Waals surface area contributed by atoms with Crippen LogP contribution in [0, 0.1) is 5.82 Å². The highest BCUT2D eigenvalue weighted by Crippen LogP contribution is 2.39. The summed E-state index contributed by atoms with van der Waals surface area (Å²) in [6.45, 7) is 0.0428. The molecule has 156 valence electrons. The lowest BCUT2D eigenvalue weighted by Crippen LogP contribution is -1.98. The molecule has 4 rings (SSSR count). The van der Waals surface area contributed by atoms with Crippen molar-refractivity contribution in [1.29, 1.82) is 0 Å². The fourth-order valence-corrected chi connectivity index (χ4v) is 2.99. The van der Waals surface area contributed by atoms with Crippen LogP contribution >= 0.6 is 0 Å².